The summed E-state index contributed by atoms with van der Waals surface area (Å²) in [6.07, 6.45) is 3.86. The normalized spacial score (nSPS) is 12.4. The number of ether oxygens (including phenoxy) is 1. The van der Waals surface area contributed by atoms with E-state index >= 15 is 0 Å². The van der Waals surface area contributed by atoms with Crippen LogP contribution in [0.25, 0.3) is 0 Å². The van der Waals surface area contributed by atoms with Crippen LogP contribution >= 0.6 is 0 Å². The molecule has 1 atom stereocenters. The number of benzene rings is 1. The predicted molar refractivity (Wildman–Crippen MR) is 76.2 cm³/mol. The van der Waals surface area contributed by atoms with Crippen LogP contribution in [-0.2, 0) is 19.9 Å². The monoisotopic (exact) mass is 259 g/mol. The second-order valence-corrected chi connectivity index (χ2v) is 4.84. The molecule has 2 rings (SSSR count). The van der Waals surface area contributed by atoms with Crippen molar-refractivity contribution < 1.29 is 4.74 Å². The van der Waals surface area contributed by atoms with Gasteiger partial charge in [-0.1, -0.05) is 12.1 Å². The van der Waals surface area contributed by atoms with Crippen molar-refractivity contribution in [3.63, 3.8) is 0 Å². The molecule has 0 saturated heterocycles. The number of aryl methyl sites for hydroxylation is 1. The lowest BCUT2D eigenvalue weighted by molar-refractivity contribution is 0.414. The van der Waals surface area contributed by atoms with Crippen LogP contribution < -0.4 is 10.5 Å². The van der Waals surface area contributed by atoms with Crippen molar-refractivity contribution in [3.05, 3.63) is 47.8 Å². The second kappa shape index (κ2) is 6.38. The minimum Gasteiger partial charge on any atom is -0.497 e. The number of nitrogens with two attached hydrogens (primary N) is 1. The Bertz CT molecular complexity index is 504. The van der Waals surface area contributed by atoms with Crippen molar-refractivity contribution in [1.82, 2.24) is 9.78 Å². The van der Waals surface area contributed by atoms with Gasteiger partial charge in [0, 0.05) is 13.2 Å². The lowest BCUT2D eigenvalue weighted by Gasteiger charge is -2.13. The molecule has 4 heteroatoms. The number of hydrogen-bond donors (Lipinski definition) is 1. The minimum atomic E-state index is 0.420. The van der Waals surface area contributed by atoms with Crippen molar-refractivity contribution >= 4 is 0 Å². The largest absolute Gasteiger partial charge is 0.497 e. The Hall–Kier alpha value is -1.81. The summed E-state index contributed by atoms with van der Waals surface area (Å²) < 4.78 is 6.99. The summed E-state index contributed by atoms with van der Waals surface area (Å²) in [6.45, 7) is 0.669. The van der Waals surface area contributed by atoms with E-state index in [-0.39, 0.29) is 0 Å². The highest BCUT2D eigenvalue weighted by Gasteiger charge is 2.11. The van der Waals surface area contributed by atoms with Gasteiger partial charge < -0.3 is 10.5 Å². The van der Waals surface area contributed by atoms with Gasteiger partial charge in [0.1, 0.15) is 5.75 Å². The first-order chi connectivity index (χ1) is 9.21. The molecule has 1 unspecified atom stereocenters. The first-order valence-corrected chi connectivity index (χ1v) is 6.52. The number of nitrogens with zero attached hydrogens (tertiary/aromatic N) is 2. The molecule has 4 nitrogen and oxygen atoms in total. The van der Waals surface area contributed by atoms with Gasteiger partial charge >= 0.3 is 0 Å². The van der Waals surface area contributed by atoms with Gasteiger partial charge in [-0.05, 0) is 49.1 Å². The SMILES string of the molecule is COc1ccc(CC(CN)Cc2ccn(C)n2)cc1. The smallest absolute Gasteiger partial charge is 0.118 e. The van der Waals surface area contributed by atoms with E-state index in [9.17, 15) is 0 Å². The molecule has 0 spiro atoms. The van der Waals surface area contributed by atoms with Gasteiger partial charge in [0.2, 0.25) is 0 Å². The second-order valence-electron chi connectivity index (χ2n) is 4.84. The highest BCUT2D eigenvalue weighted by molar-refractivity contribution is 5.27. The Kier molecular flexibility index (Phi) is 4.58. The maximum Gasteiger partial charge on any atom is 0.118 e. The zero-order chi connectivity index (χ0) is 13.7. The number of hydrogen-bond acceptors (Lipinski definition) is 3. The van der Waals surface area contributed by atoms with E-state index in [0.29, 0.717) is 12.5 Å². The zero-order valence-corrected chi connectivity index (χ0v) is 11.5. The van der Waals surface area contributed by atoms with E-state index in [1.54, 1.807) is 7.11 Å². The van der Waals surface area contributed by atoms with E-state index in [4.69, 9.17) is 10.5 Å². The summed E-state index contributed by atoms with van der Waals surface area (Å²) in [5.74, 6) is 1.31. The fraction of sp³-hybridized carbons (Fsp3) is 0.400. The number of methoxy groups -OCH3 is 1. The fourth-order valence-electron chi connectivity index (χ4n) is 2.20. The molecule has 2 N–H and O–H groups in total. The van der Waals surface area contributed by atoms with E-state index < -0.39 is 0 Å². The summed E-state index contributed by atoms with van der Waals surface area (Å²) in [6, 6.07) is 10.2. The lowest BCUT2D eigenvalue weighted by atomic mass is 9.95. The van der Waals surface area contributed by atoms with Gasteiger partial charge in [0.25, 0.3) is 0 Å². The quantitative estimate of drug-likeness (QED) is 0.860. The molecule has 2 aromatic rings. The van der Waals surface area contributed by atoms with Crippen LogP contribution in [0.2, 0.25) is 0 Å². The molecule has 0 amide bonds. The Morgan fingerprint density at radius 1 is 1.21 bits per heavy atom. The molecule has 102 valence electrons. The Labute approximate surface area is 114 Å². The molecule has 0 fully saturated rings. The Balaban J connectivity index is 1.97. The lowest BCUT2D eigenvalue weighted by Crippen LogP contribution is -2.19. The van der Waals surface area contributed by atoms with E-state index in [1.165, 1.54) is 5.56 Å². The standard InChI is InChI=1S/C15H21N3O/c1-18-8-7-14(17-18)10-13(11-16)9-12-3-5-15(19-2)6-4-12/h3-8,13H,9-11,16H2,1-2H3. The van der Waals surface area contributed by atoms with E-state index in [2.05, 4.69) is 23.3 Å². The van der Waals surface area contributed by atoms with Crippen molar-refractivity contribution in [2.45, 2.75) is 12.8 Å². The van der Waals surface area contributed by atoms with Gasteiger partial charge in [-0.25, -0.2) is 0 Å². The van der Waals surface area contributed by atoms with Gasteiger partial charge in [0.05, 0.1) is 12.8 Å². The van der Waals surface area contributed by atoms with Crippen molar-refractivity contribution in [2.24, 2.45) is 18.7 Å². The molecule has 0 radical (unpaired) electrons. The third kappa shape index (κ3) is 3.83. The highest BCUT2D eigenvalue weighted by Crippen LogP contribution is 2.16. The first kappa shape index (κ1) is 13.6. The Morgan fingerprint density at radius 3 is 2.47 bits per heavy atom. The van der Waals surface area contributed by atoms with Gasteiger partial charge in [-0.2, -0.15) is 5.10 Å². The van der Waals surface area contributed by atoms with Crippen molar-refractivity contribution in [3.8, 4) is 5.75 Å². The summed E-state index contributed by atoms with van der Waals surface area (Å²) in [4.78, 5) is 0. The molecule has 0 aliphatic carbocycles. The molecule has 1 aromatic heterocycles. The van der Waals surface area contributed by atoms with Crippen LogP contribution in [0.5, 0.6) is 5.75 Å². The first-order valence-electron chi connectivity index (χ1n) is 6.52. The van der Waals surface area contributed by atoms with Gasteiger partial charge in [-0.3, -0.25) is 4.68 Å². The molecule has 0 aliphatic heterocycles. The molecule has 1 aromatic carbocycles. The van der Waals surface area contributed by atoms with Crippen LogP contribution in [0.3, 0.4) is 0 Å². The molecule has 19 heavy (non-hydrogen) atoms. The average Bonchev–Trinajstić information content (AvgIpc) is 2.84. The van der Waals surface area contributed by atoms with Crippen LogP contribution in [0.4, 0.5) is 0 Å². The predicted octanol–water partition coefficient (Wildman–Crippen LogP) is 1.79. The van der Waals surface area contributed by atoms with E-state index in [0.717, 1.165) is 24.3 Å². The van der Waals surface area contributed by atoms with Crippen LogP contribution in [0.15, 0.2) is 36.5 Å². The zero-order valence-electron chi connectivity index (χ0n) is 11.5. The molecule has 0 bridgehead atoms. The van der Waals surface area contributed by atoms with Crippen LogP contribution in [0.1, 0.15) is 11.3 Å². The Morgan fingerprint density at radius 2 is 1.95 bits per heavy atom. The number of aromatic nitrogens is 2. The molecular weight excluding hydrogens is 238 g/mol. The summed E-state index contributed by atoms with van der Waals surface area (Å²) >= 11 is 0. The molecular formula is C15H21N3O. The van der Waals surface area contributed by atoms with Gasteiger partial charge in [0.15, 0.2) is 0 Å². The molecule has 1 heterocycles. The van der Waals surface area contributed by atoms with E-state index in [1.807, 2.05) is 30.1 Å². The van der Waals surface area contributed by atoms with Crippen LogP contribution in [-0.4, -0.2) is 23.4 Å². The van der Waals surface area contributed by atoms with Crippen molar-refractivity contribution in [2.75, 3.05) is 13.7 Å². The minimum absolute atomic E-state index is 0.420. The molecule has 0 saturated carbocycles. The maximum atomic E-state index is 5.87. The van der Waals surface area contributed by atoms with Crippen molar-refractivity contribution in [1.29, 1.82) is 0 Å². The summed E-state index contributed by atoms with van der Waals surface area (Å²) in [7, 11) is 3.61. The number of rotatable bonds is 6. The summed E-state index contributed by atoms with van der Waals surface area (Å²) in [5, 5.41) is 4.41. The summed E-state index contributed by atoms with van der Waals surface area (Å²) in [5.41, 5.74) is 8.26. The fourth-order valence-corrected chi connectivity index (χ4v) is 2.20. The van der Waals surface area contributed by atoms with Crippen LogP contribution in [0, 0.1) is 5.92 Å². The average molecular weight is 259 g/mol. The topological polar surface area (TPSA) is 53.1 Å². The maximum absolute atomic E-state index is 5.87. The van der Waals surface area contributed by atoms with Gasteiger partial charge in [-0.15, -0.1) is 0 Å². The third-order valence-corrected chi connectivity index (χ3v) is 3.28. The highest BCUT2D eigenvalue weighted by atomic mass is 16.5. The molecule has 0 aliphatic rings. The third-order valence-electron chi connectivity index (χ3n) is 3.28.